The number of imide groups is 1. The molecule has 15 heteroatoms. The van der Waals surface area contributed by atoms with E-state index < -0.39 is 41.0 Å². The van der Waals surface area contributed by atoms with E-state index in [0.29, 0.717) is 55.3 Å². The van der Waals surface area contributed by atoms with E-state index in [-0.39, 0.29) is 30.9 Å². The van der Waals surface area contributed by atoms with Crippen LogP contribution in [0.4, 0.5) is 36.8 Å². The lowest BCUT2D eigenvalue weighted by atomic mass is 9.87. The maximum absolute atomic E-state index is 13.4. The van der Waals surface area contributed by atoms with Crippen LogP contribution in [0.15, 0.2) is 36.4 Å². The number of fused-ring (bicyclic) bond motifs is 1. The number of nitrogens with one attached hydrogen (secondary N) is 2. The van der Waals surface area contributed by atoms with Crippen molar-refractivity contribution in [3.8, 4) is 17.2 Å². The summed E-state index contributed by atoms with van der Waals surface area (Å²) in [5.74, 6) is 0.238. The molecule has 1 atom stereocenters. The zero-order valence-electron chi connectivity index (χ0n) is 22.6. The van der Waals surface area contributed by atoms with Crippen LogP contribution in [-0.2, 0) is 15.9 Å². The monoisotopic (exact) mass is 605 g/mol. The van der Waals surface area contributed by atoms with E-state index in [1.165, 1.54) is 0 Å². The van der Waals surface area contributed by atoms with Gasteiger partial charge in [-0.2, -0.15) is 26.3 Å². The Hall–Kier alpha value is -3.88. The third-order valence-electron chi connectivity index (χ3n) is 7.30. The van der Waals surface area contributed by atoms with Crippen molar-refractivity contribution in [2.24, 2.45) is 0 Å². The van der Waals surface area contributed by atoms with Crippen LogP contribution >= 0.6 is 0 Å². The number of alkyl halides is 6. The van der Waals surface area contributed by atoms with Crippen LogP contribution in [0.1, 0.15) is 37.3 Å². The summed E-state index contributed by atoms with van der Waals surface area (Å²) in [6, 6.07) is 6.42. The van der Waals surface area contributed by atoms with Crippen molar-refractivity contribution >= 4 is 17.6 Å². The van der Waals surface area contributed by atoms with Crippen molar-refractivity contribution in [3.63, 3.8) is 0 Å². The Morgan fingerprint density at radius 3 is 2.29 bits per heavy atom. The number of benzene rings is 2. The van der Waals surface area contributed by atoms with Crippen LogP contribution < -0.4 is 24.8 Å². The lowest BCUT2D eigenvalue weighted by Gasteiger charge is -2.33. The fraction of sp³-hybridized carbons (Fsp3) is 0.481. The first-order valence-corrected chi connectivity index (χ1v) is 13.0. The molecule has 42 heavy (non-hydrogen) atoms. The number of rotatable bonds is 10. The van der Waals surface area contributed by atoms with Crippen molar-refractivity contribution in [2.75, 3.05) is 38.7 Å². The molecule has 0 radical (unpaired) electrons. The highest BCUT2D eigenvalue weighted by Crippen LogP contribution is 2.51. The number of amides is 3. The molecule has 230 valence electrons. The van der Waals surface area contributed by atoms with E-state index in [4.69, 9.17) is 14.2 Å². The van der Waals surface area contributed by atoms with Gasteiger partial charge in [0.15, 0.2) is 11.5 Å². The number of hydrogen-bond acceptors (Lipinski definition) is 7. The highest BCUT2D eigenvalue weighted by atomic mass is 19.4. The lowest BCUT2D eigenvalue weighted by Crippen LogP contribution is -2.53. The highest BCUT2D eigenvalue weighted by molar-refractivity contribution is 6.07. The Labute approximate surface area is 236 Å². The Kier molecular flexibility index (Phi) is 8.45. The van der Waals surface area contributed by atoms with Crippen molar-refractivity contribution in [3.05, 3.63) is 47.5 Å². The van der Waals surface area contributed by atoms with Gasteiger partial charge in [-0.25, -0.2) is 4.79 Å². The largest absolute Gasteiger partial charge is 0.495 e. The van der Waals surface area contributed by atoms with Crippen molar-refractivity contribution in [2.45, 2.75) is 49.7 Å². The van der Waals surface area contributed by atoms with E-state index in [9.17, 15) is 41.0 Å². The summed E-state index contributed by atoms with van der Waals surface area (Å²) in [6.07, 6.45) is -11.1. The molecule has 1 saturated heterocycles. The molecule has 3 N–H and O–H groups in total. The van der Waals surface area contributed by atoms with Gasteiger partial charge in [-0.15, -0.1) is 0 Å². The zero-order chi connectivity index (χ0) is 30.9. The van der Waals surface area contributed by atoms with Gasteiger partial charge in [-0.3, -0.25) is 9.69 Å². The molecule has 0 aromatic heterocycles. The number of urea groups is 1. The second-order valence-electron chi connectivity index (χ2n) is 9.76. The molecule has 2 aromatic rings. The number of aliphatic hydroxyl groups is 1. The SMILES string of the molecule is CCC1(c2ccc3c(c2)OCCO3)NC(=O)N(CCCCNc2ccc(C(O)(C(F)(F)F)C(F)(F)F)cc2OC)C1=O. The summed E-state index contributed by atoms with van der Waals surface area (Å²) in [7, 11) is 1.06. The normalized spacial score (nSPS) is 19.1. The molecular formula is C27H29F6N3O6. The lowest BCUT2D eigenvalue weighted by molar-refractivity contribution is -0.376. The summed E-state index contributed by atoms with van der Waals surface area (Å²) in [5.41, 5.74) is -7.17. The minimum Gasteiger partial charge on any atom is -0.495 e. The van der Waals surface area contributed by atoms with E-state index >= 15 is 0 Å². The standard InChI is InChI=1S/C27H29F6N3O6/c1-3-24(16-7-9-19-21(14-16)42-13-12-41-19)22(37)36(23(38)35-24)11-5-4-10-34-18-8-6-17(15-20(18)40-2)25(39,26(28,29)30)27(31,32)33/h6-9,14-15,34,39H,3-5,10-13H2,1-2H3,(H,35,38). The first-order valence-electron chi connectivity index (χ1n) is 13.0. The second kappa shape index (κ2) is 11.4. The maximum atomic E-state index is 13.4. The molecule has 3 amide bonds. The number of ether oxygens (including phenoxy) is 3. The number of unbranched alkanes of at least 4 members (excludes halogenated alkanes) is 1. The predicted molar refractivity (Wildman–Crippen MR) is 136 cm³/mol. The van der Waals surface area contributed by atoms with E-state index in [1.807, 2.05) is 0 Å². The molecule has 2 aliphatic rings. The Bertz CT molecular complexity index is 1320. The van der Waals surface area contributed by atoms with Gasteiger partial charge in [0.25, 0.3) is 11.5 Å². The fourth-order valence-electron chi connectivity index (χ4n) is 4.95. The van der Waals surface area contributed by atoms with Gasteiger partial charge in [0, 0.05) is 18.7 Å². The Morgan fingerprint density at radius 2 is 1.67 bits per heavy atom. The summed E-state index contributed by atoms with van der Waals surface area (Å²) in [5, 5.41) is 15.3. The van der Waals surface area contributed by atoms with E-state index in [0.717, 1.165) is 18.1 Å². The summed E-state index contributed by atoms with van der Waals surface area (Å²) >= 11 is 0. The van der Waals surface area contributed by atoms with Gasteiger partial charge in [0.05, 0.1) is 12.8 Å². The molecule has 1 unspecified atom stereocenters. The topological polar surface area (TPSA) is 109 Å². The first-order chi connectivity index (χ1) is 19.7. The average Bonchev–Trinajstić information content (AvgIpc) is 3.20. The number of methoxy groups -OCH3 is 1. The first kappa shape index (κ1) is 31.1. The van der Waals surface area contributed by atoms with Gasteiger partial charge in [0.1, 0.15) is 24.5 Å². The minimum absolute atomic E-state index is 0.0684. The zero-order valence-corrected chi connectivity index (χ0v) is 22.6. The van der Waals surface area contributed by atoms with Crippen LogP contribution in [0.5, 0.6) is 17.2 Å². The molecule has 0 spiro atoms. The Morgan fingerprint density at radius 1 is 1.00 bits per heavy atom. The third-order valence-corrected chi connectivity index (χ3v) is 7.30. The average molecular weight is 606 g/mol. The maximum Gasteiger partial charge on any atom is 0.430 e. The molecule has 4 rings (SSSR count). The molecule has 2 aliphatic heterocycles. The fourth-order valence-corrected chi connectivity index (χ4v) is 4.95. The highest BCUT2D eigenvalue weighted by Gasteiger charge is 2.71. The van der Waals surface area contributed by atoms with Crippen LogP contribution in [0.2, 0.25) is 0 Å². The minimum atomic E-state index is -6.03. The summed E-state index contributed by atoms with van der Waals surface area (Å²) in [4.78, 5) is 27.3. The molecule has 0 aliphatic carbocycles. The molecule has 0 bridgehead atoms. The second-order valence-corrected chi connectivity index (χ2v) is 9.76. The quantitative estimate of drug-likeness (QED) is 0.202. The molecule has 2 heterocycles. The van der Waals surface area contributed by atoms with E-state index in [1.54, 1.807) is 25.1 Å². The van der Waals surface area contributed by atoms with E-state index in [2.05, 4.69) is 10.6 Å². The summed E-state index contributed by atoms with van der Waals surface area (Å²) in [6.45, 7) is 2.78. The molecular weight excluding hydrogens is 576 g/mol. The molecule has 9 nitrogen and oxygen atoms in total. The summed E-state index contributed by atoms with van der Waals surface area (Å²) < 4.78 is 95.5. The number of anilines is 1. The number of nitrogens with zero attached hydrogens (tertiary/aromatic N) is 1. The number of hydrogen-bond donors (Lipinski definition) is 3. The van der Waals surface area contributed by atoms with Crippen molar-refractivity contribution < 1.29 is 55.2 Å². The van der Waals surface area contributed by atoms with Crippen LogP contribution in [0.3, 0.4) is 0 Å². The van der Waals surface area contributed by atoms with Crippen molar-refractivity contribution in [1.29, 1.82) is 0 Å². The number of carbonyl (C=O) groups excluding carboxylic acids is 2. The van der Waals surface area contributed by atoms with Crippen LogP contribution in [-0.4, -0.2) is 67.7 Å². The van der Waals surface area contributed by atoms with Gasteiger partial charge in [0.2, 0.25) is 0 Å². The van der Waals surface area contributed by atoms with Crippen LogP contribution in [0, 0.1) is 0 Å². The molecule has 2 aromatic carbocycles. The predicted octanol–water partition coefficient (Wildman–Crippen LogP) is 4.83. The van der Waals surface area contributed by atoms with Gasteiger partial charge in [-0.1, -0.05) is 19.1 Å². The Balaban J connectivity index is 1.38. The molecule has 1 fully saturated rings. The van der Waals surface area contributed by atoms with Gasteiger partial charge >= 0.3 is 18.4 Å². The molecule has 0 saturated carbocycles. The van der Waals surface area contributed by atoms with Gasteiger partial charge < -0.3 is 30.0 Å². The number of halogens is 6. The van der Waals surface area contributed by atoms with Crippen molar-refractivity contribution in [1.82, 2.24) is 10.2 Å². The third kappa shape index (κ3) is 5.37. The smallest absolute Gasteiger partial charge is 0.430 e. The number of carbonyl (C=O) groups is 2. The van der Waals surface area contributed by atoms with Gasteiger partial charge in [-0.05, 0) is 49.1 Å². The van der Waals surface area contributed by atoms with Crippen LogP contribution in [0.25, 0.3) is 0 Å².